The highest BCUT2D eigenvalue weighted by atomic mass is 127. The molecular formula is C15H19I. The second-order valence-corrected chi connectivity index (χ2v) is 6.19. The van der Waals surface area contributed by atoms with Crippen LogP contribution in [0.1, 0.15) is 32.6 Å². The van der Waals surface area contributed by atoms with E-state index in [0.29, 0.717) is 9.84 Å². The number of allylic oxidation sites excluding steroid dienone is 8. The molecule has 86 valence electrons. The monoisotopic (exact) mass is 326 g/mol. The summed E-state index contributed by atoms with van der Waals surface area (Å²) in [4.78, 5) is 0. The van der Waals surface area contributed by atoms with Crippen molar-refractivity contribution in [1.29, 1.82) is 0 Å². The lowest BCUT2D eigenvalue weighted by Gasteiger charge is -2.22. The van der Waals surface area contributed by atoms with E-state index in [0.717, 1.165) is 6.42 Å². The van der Waals surface area contributed by atoms with E-state index < -0.39 is 0 Å². The molecule has 0 bridgehead atoms. The Bertz CT molecular complexity index is 358. The minimum absolute atomic E-state index is 0.685. The summed E-state index contributed by atoms with van der Waals surface area (Å²) in [6.45, 7) is 2.32. The van der Waals surface area contributed by atoms with Gasteiger partial charge in [0, 0.05) is 3.92 Å². The smallest absolute Gasteiger partial charge is 0.0330 e. The number of hydrogen-bond donors (Lipinski definition) is 0. The van der Waals surface area contributed by atoms with E-state index in [2.05, 4.69) is 66.0 Å². The van der Waals surface area contributed by atoms with Gasteiger partial charge in [-0.2, -0.15) is 0 Å². The van der Waals surface area contributed by atoms with Crippen molar-refractivity contribution in [1.82, 2.24) is 0 Å². The summed E-state index contributed by atoms with van der Waals surface area (Å²) in [6.07, 6.45) is 18.5. The molecule has 1 heteroatoms. The molecule has 2 rings (SSSR count). The van der Waals surface area contributed by atoms with Crippen LogP contribution in [0.4, 0.5) is 0 Å². The van der Waals surface area contributed by atoms with Gasteiger partial charge in [0.2, 0.25) is 0 Å². The highest BCUT2D eigenvalue weighted by Crippen LogP contribution is 2.32. The van der Waals surface area contributed by atoms with E-state index in [9.17, 15) is 0 Å². The van der Waals surface area contributed by atoms with Crippen LogP contribution in [0.15, 0.2) is 47.6 Å². The molecule has 0 aromatic carbocycles. The lowest BCUT2D eigenvalue weighted by molar-refractivity contribution is 0.649. The molecule has 0 aliphatic heterocycles. The van der Waals surface area contributed by atoms with Crippen molar-refractivity contribution in [3.63, 3.8) is 0 Å². The summed E-state index contributed by atoms with van der Waals surface area (Å²) in [5.74, 6) is 0.685. The molecule has 0 fully saturated rings. The maximum atomic E-state index is 2.63. The minimum atomic E-state index is 0.685. The molecule has 0 saturated heterocycles. The van der Waals surface area contributed by atoms with Crippen LogP contribution < -0.4 is 0 Å². The van der Waals surface area contributed by atoms with Crippen LogP contribution in [0, 0.1) is 5.92 Å². The standard InChI is InChI=1S/C15H19I/c1-12-7-3-2-4-8-13-9-5-6-10-14(13)15(16)11-12/h2-5,7,9,12,15H,6,8,10-11H2,1H3/b4-2-,7-3-. The molecule has 0 radical (unpaired) electrons. The molecule has 2 aliphatic rings. The first-order valence-corrected chi connectivity index (χ1v) is 7.38. The van der Waals surface area contributed by atoms with Gasteiger partial charge in [-0.15, -0.1) is 0 Å². The van der Waals surface area contributed by atoms with Gasteiger partial charge in [-0.25, -0.2) is 0 Å². The zero-order chi connectivity index (χ0) is 11.4. The first-order chi connectivity index (χ1) is 7.77. The third-order valence-corrected chi connectivity index (χ3v) is 4.55. The molecular weight excluding hydrogens is 307 g/mol. The van der Waals surface area contributed by atoms with E-state index in [1.807, 2.05) is 0 Å². The molecule has 0 aromatic rings. The Labute approximate surface area is 112 Å². The summed E-state index contributed by atoms with van der Waals surface area (Å²) < 4.78 is 0.712. The maximum absolute atomic E-state index is 2.63. The third kappa shape index (κ3) is 3.09. The molecule has 16 heavy (non-hydrogen) atoms. The van der Waals surface area contributed by atoms with E-state index in [1.165, 1.54) is 19.3 Å². The van der Waals surface area contributed by atoms with Crippen molar-refractivity contribution in [2.75, 3.05) is 0 Å². The molecule has 0 aromatic heterocycles. The Hall–Kier alpha value is -0.310. The SMILES string of the molecule is CC1/C=C\C=C/CC2=C(CCC=C2)C(I)C1. The maximum Gasteiger partial charge on any atom is 0.0330 e. The zero-order valence-electron chi connectivity index (χ0n) is 9.83. The molecule has 0 heterocycles. The van der Waals surface area contributed by atoms with Crippen molar-refractivity contribution >= 4 is 22.6 Å². The van der Waals surface area contributed by atoms with Gasteiger partial charge in [0.15, 0.2) is 0 Å². The lowest BCUT2D eigenvalue weighted by atomic mass is 9.89. The molecule has 0 spiro atoms. The average Bonchev–Trinajstić information content (AvgIpc) is 2.28. The minimum Gasteiger partial charge on any atom is -0.0839 e. The van der Waals surface area contributed by atoms with Crippen molar-refractivity contribution < 1.29 is 0 Å². The Morgan fingerprint density at radius 1 is 1.25 bits per heavy atom. The fourth-order valence-electron chi connectivity index (χ4n) is 2.36. The van der Waals surface area contributed by atoms with Crippen LogP contribution in [-0.2, 0) is 0 Å². The fraction of sp³-hybridized carbons (Fsp3) is 0.467. The topological polar surface area (TPSA) is 0 Å². The van der Waals surface area contributed by atoms with Gasteiger partial charge in [0.25, 0.3) is 0 Å². The van der Waals surface area contributed by atoms with Gasteiger partial charge in [-0.05, 0) is 37.2 Å². The highest BCUT2D eigenvalue weighted by molar-refractivity contribution is 14.1. The number of rotatable bonds is 0. The molecule has 2 aliphatic carbocycles. The second kappa shape index (κ2) is 5.85. The van der Waals surface area contributed by atoms with Gasteiger partial charge in [0.05, 0.1) is 0 Å². The molecule has 0 amide bonds. The highest BCUT2D eigenvalue weighted by Gasteiger charge is 2.17. The Morgan fingerprint density at radius 3 is 3.00 bits per heavy atom. The number of hydrogen-bond acceptors (Lipinski definition) is 0. The predicted molar refractivity (Wildman–Crippen MR) is 79.9 cm³/mol. The van der Waals surface area contributed by atoms with Crippen molar-refractivity contribution in [2.45, 2.75) is 36.5 Å². The van der Waals surface area contributed by atoms with E-state index in [-0.39, 0.29) is 0 Å². The summed E-state index contributed by atoms with van der Waals surface area (Å²) >= 11 is 2.63. The van der Waals surface area contributed by atoms with Crippen LogP contribution in [0.25, 0.3) is 0 Å². The fourth-order valence-corrected chi connectivity index (χ4v) is 3.88. The van der Waals surface area contributed by atoms with Crippen LogP contribution in [-0.4, -0.2) is 3.92 Å². The normalized spacial score (nSPS) is 34.4. The van der Waals surface area contributed by atoms with Crippen molar-refractivity contribution in [2.24, 2.45) is 5.92 Å². The summed E-state index contributed by atoms with van der Waals surface area (Å²) in [7, 11) is 0. The van der Waals surface area contributed by atoms with E-state index in [4.69, 9.17) is 0 Å². The molecule has 2 unspecified atom stereocenters. The van der Waals surface area contributed by atoms with Gasteiger partial charge < -0.3 is 0 Å². The number of alkyl halides is 1. The molecule has 2 atom stereocenters. The second-order valence-electron chi connectivity index (χ2n) is 4.69. The van der Waals surface area contributed by atoms with Crippen molar-refractivity contribution in [3.05, 3.63) is 47.6 Å². The number of halogens is 1. The van der Waals surface area contributed by atoms with Gasteiger partial charge in [-0.3, -0.25) is 0 Å². The van der Waals surface area contributed by atoms with Crippen LogP contribution in [0.2, 0.25) is 0 Å². The molecule has 0 saturated carbocycles. The van der Waals surface area contributed by atoms with Crippen LogP contribution in [0.3, 0.4) is 0 Å². The zero-order valence-corrected chi connectivity index (χ0v) is 12.0. The largest absolute Gasteiger partial charge is 0.0839 e. The average molecular weight is 326 g/mol. The quantitative estimate of drug-likeness (QED) is 0.435. The van der Waals surface area contributed by atoms with E-state index in [1.54, 1.807) is 11.1 Å². The Balaban J connectivity index is 2.27. The van der Waals surface area contributed by atoms with Gasteiger partial charge in [0.1, 0.15) is 0 Å². The van der Waals surface area contributed by atoms with Crippen molar-refractivity contribution in [3.8, 4) is 0 Å². The third-order valence-electron chi connectivity index (χ3n) is 3.29. The summed E-state index contributed by atoms with van der Waals surface area (Å²) in [6, 6.07) is 0. The lowest BCUT2D eigenvalue weighted by Crippen LogP contribution is -2.11. The van der Waals surface area contributed by atoms with Crippen LogP contribution in [0.5, 0.6) is 0 Å². The Morgan fingerprint density at radius 2 is 2.12 bits per heavy atom. The van der Waals surface area contributed by atoms with Gasteiger partial charge >= 0.3 is 0 Å². The molecule has 0 nitrogen and oxygen atoms in total. The predicted octanol–water partition coefficient (Wildman–Crippen LogP) is 4.98. The van der Waals surface area contributed by atoms with Gasteiger partial charge in [-0.1, -0.05) is 71.5 Å². The van der Waals surface area contributed by atoms with Crippen LogP contribution >= 0.6 is 22.6 Å². The summed E-state index contributed by atoms with van der Waals surface area (Å²) in [5, 5.41) is 0. The summed E-state index contributed by atoms with van der Waals surface area (Å²) in [5.41, 5.74) is 3.25. The first-order valence-electron chi connectivity index (χ1n) is 6.13. The molecule has 0 N–H and O–H groups in total. The van der Waals surface area contributed by atoms with E-state index >= 15 is 0 Å². The Kier molecular flexibility index (Phi) is 4.45. The first kappa shape index (κ1) is 12.2.